The van der Waals surface area contributed by atoms with Gasteiger partial charge in [-0.15, -0.1) is 0 Å². The van der Waals surface area contributed by atoms with Crippen molar-refractivity contribution in [2.24, 2.45) is 15.3 Å². The van der Waals surface area contributed by atoms with Crippen molar-refractivity contribution in [3.05, 3.63) is 361 Å². The van der Waals surface area contributed by atoms with Crippen molar-refractivity contribution in [2.75, 3.05) is 62.5 Å². The van der Waals surface area contributed by atoms with Gasteiger partial charge in [0.1, 0.15) is 46.0 Å². The fourth-order valence-corrected chi connectivity index (χ4v) is 17.0. The van der Waals surface area contributed by atoms with E-state index in [1.54, 1.807) is 140 Å². The van der Waals surface area contributed by atoms with Crippen LogP contribution >= 0.6 is 34.0 Å². The first kappa shape index (κ1) is 107. The highest BCUT2D eigenvalue weighted by Gasteiger charge is 2.20. The maximum Gasteiger partial charge on any atom is 0.343 e. The zero-order valence-electron chi connectivity index (χ0n) is 81.5. The Hall–Kier alpha value is -16.1. The monoisotopic (exact) mass is 2020 g/mol. The van der Waals surface area contributed by atoms with Crippen LogP contribution in [0.15, 0.2) is 326 Å². The number of para-hydroxylation sites is 3. The number of nitrogens with zero attached hydrogens (tertiary/aromatic N) is 6. The van der Waals surface area contributed by atoms with E-state index in [0.717, 1.165) is 166 Å². The largest absolute Gasteiger partial charge is 0.494 e. The van der Waals surface area contributed by atoms with Crippen LogP contribution in [-0.2, 0) is 36.6 Å². The van der Waals surface area contributed by atoms with E-state index in [4.69, 9.17) is 52.1 Å². The number of fused-ring (bicyclic) bond motifs is 3. The van der Waals surface area contributed by atoms with Gasteiger partial charge in [-0.1, -0.05) is 178 Å². The second-order valence-corrected chi connectivity index (χ2v) is 36.0. The van der Waals surface area contributed by atoms with Gasteiger partial charge in [0.05, 0.1) is 118 Å². The maximum atomic E-state index is 13.2. The number of aliphatic hydroxyl groups is 1. The SMILES string of the molecule is C=CC(=O)OCCCCCCOc1ccc(C(=O)Oc2ccc(-c3ccc(OCC)cc3)c(/C=N/Nc3nc4ccccc4s3)c2)cc1.C=CC(=O)OCCCCCCOc1ccc(C(=O)Oc2ccc(C(=O)Oc3ccc(CCCCC)cc3/C=N/Nc3nc4ccccc4s3)cc2)cc1.C=CC(O)OCCCOc1ccc(C(=O)Oc2ccc(-c3ccc(CCC)cc3)cc2/C=N/Nc2nc3ccccc3s2)cc1. The number of aromatic nitrogens is 3. The third-order valence-electron chi connectivity index (χ3n) is 22.1. The molecule has 27 nitrogen and oxygen atoms in total. The summed E-state index contributed by atoms with van der Waals surface area (Å²) in [6.45, 7) is 19.7. The Kier molecular flexibility index (Phi) is 42.5. The van der Waals surface area contributed by atoms with Crippen molar-refractivity contribution in [2.45, 2.75) is 123 Å². The molecule has 0 radical (unpaired) electrons. The van der Waals surface area contributed by atoms with E-state index in [0.29, 0.717) is 136 Å². The van der Waals surface area contributed by atoms with Gasteiger partial charge in [0.2, 0.25) is 15.4 Å². The molecule has 0 fully saturated rings. The number of unbranched alkanes of at least 4 members (excludes halogenated alkanes) is 8. The lowest BCUT2D eigenvalue weighted by Crippen LogP contribution is -2.11. The topological polar surface area (TPSA) is 336 Å². The molecule has 0 aliphatic heterocycles. The van der Waals surface area contributed by atoms with Crippen molar-refractivity contribution in [1.29, 1.82) is 0 Å². The number of anilines is 3. The third kappa shape index (κ3) is 34.3. The van der Waals surface area contributed by atoms with E-state index in [1.165, 1.54) is 51.7 Å². The van der Waals surface area contributed by atoms with E-state index >= 15 is 0 Å². The molecule has 0 amide bonds. The number of carbonyl (C=O) groups is 6. The Labute approximate surface area is 860 Å². The second-order valence-electron chi connectivity index (χ2n) is 32.9. The number of aryl methyl sites for hydroxylation is 2. The molecule has 0 saturated carbocycles. The molecule has 3 heterocycles. The molecule has 1 atom stereocenters. The van der Waals surface area contributed by atoms with Gasteiger partial charge in [0.15, 0.2) is 6.29 Å². The maximum absolute atomic E-state index is 13.2. The average molecular weight is 2020 g/mol. The summed E-state index contributed by atoms with van der Waals surface area (Å²) in [6, 6.07) is 83.4. The Morgan fingerprint density at radius 3 is 1.19 bits per heavy atom. The molecular weight excluding hydrogens is 1900 g/mol. The number of thiazole rings is 3. The number of rotatable bonds is 52. The number of hydrazone groups is 3. The number of aliphatic hydroxyl groups excluding tert-OH is 1. The first-order valence-corrected chi connectivity index (χ1v) is 50.8. The Balaban J connectivity index is 0.000000184. The molecule has 12 aromatic carbocycles. The van der Waals surface area contributed by atoms with Gasteiger partial charge in [0, 0.05) is 35.3 Å². The molecule has 15 rings (SSSR count). The van der Waals surface area contributed by atoms with Crippen LogP contribution < -0.4 is 54.2 Å². The van der Waals surface area contributed by atoms with Crippen LogP contribution in [0, 0.1) is 0 Å². The highest BCUT2D eigenvalue weighted by atomic mass is 32.1. The molecular formula is C116H115N9O18S3. The number of nitrogens with one attached hydrogen (secondary N) is 3. The van der Waals surface area contributed by atoms with Crippen molar-refractivity contribution >= 4 is 135 Å². The van der Waals surface area contributed by atoms with Crippen LogP contribution in [0.2, 0.25) is 0 Å². The van der Waals surface area contributed by atoms with E-state index in [-0.39, 0.29) is 5.75 Å². The predicted octanol–water partition coefficient (Wildman–Crippen LogP) is 26.1. The van der Waals surface area contributed by atoms with Gasteiger partial charge < -0.3 is 57.2 Å². The van der Waals surface area contributed by atoms with Crippen LogP contribution in [0.1, 0.15) is 173 Å². The highest BCUT2D eigenvalue weighted by molar-refractivity contribution is 7.22. The number of hydrogen-bond donors (Lipinski definition) is 4. The lowest BCUT2D eigenvalue weighted by molar-refractivity contribution is -0.138. The van der Waals surface area contributed by atoms with Gasteiger partial charge in [-0.2, -0.15) is 15.3 Å². The normalized spacial score (nSPS) is 11.2. The summed E-state index contributed by atoms with van der Waals surface area (Å²) in [7, 11) is 0. The molecule has 750 valence electrons. The van der Waals surface area contributed by atoms with Crippen LogP contribution in [0.3, 0.4) is 0 Å². The molecule has 15 aromatic rings. The van der Waals surface area contributed by atoms with E-state index in [2.05, 4.69) is 104 Å². The van der Waals surface area contributed by atoms with Crippen molar-refractivity contribution < 1.29 is 86.0 Å². The summed E-state index contributed by atoms with van der Waals surface area (Å²) >= 11 is 4.53. The lowest BCUT2D eigenvalue weighted by Gasteiger charge is -2.11. The molecule has 4 N–H and O–H groups in total. The summed E-state index contributed by atoms with van der Waals surface area (Å²) in [6.07, 6.45) is 21.6. The van der Waals surface area contributed by atoms with Crippen LogP contribution in [-0.4, -0.2) is 127 Å². The molecule has 0 aliphatic carbocycles. The number of carbonyl (C=O) groups excluding carboxylic acids is 6. The number of benzene rings is 12. The second kappa shape index (κ2) is 57.8. The van der Waals surface area contributed by atoms with Gasteiger partial charge in [-0.25, -0.2) is 43.7 Å². The molecule has 0 bridgehead atoms. The smallest absolute Gasteiger partial charge is 0.343 e. The Bertz CT molecular complexity index is 6810. The van der Waals surface area contributed by atoms with Crippen molar-refractivity contribution in [3.8, 4) is 68.2 Å². The van der Waals surface area contributed by atoms with Crippen LogP contribution in [0.4, 0.5) is 15.4 Å². The quantitative estimate of drug-likeness (QED) is 0.00402. The lowest BCUT2D eigenvalue weighted by atomic mass is 10.00. The molecule has 1 unspecified atom stereocenters. The molecule has 0 saturated heterocycles. The van der Waals surface area contributed by atoms with Gasteiger partial charge >= 0.3 is 35.8 Å². The minimum Gasteiger partial charge on any atom is -0.494 e. The predicted molar refractivity (Wildman–Crippen MR) is 579 cm³/mol. The molecule has 0 spiro atoms. The first-order valence-electron chi connectivity index (χ1n) is 48.3. The van der Waals surface area contributed by atoms with Crippen molar-refractivity contribution in [3.63, 3.8) is 0 Å². The van der Waals surface area contributed by atoms with Gasteiger partial charge in [-0.05, 0) is 299 Å². The average Bonchev–Trinajstić information content (AvgIpc) is 1.09. The zero-order valence-corrected chi connectivity index (χ0v) is 83.9. The third-order valence-corrected chi connectivity index (χ3v) is 24.9. The van der Waals surface area contributed by atoms with Crippen LogP contribution in [0.25, 0.3) is 52.9 Å². The summed E-state index contributed by atoms with van der Waals surface area (Å²) < 4.78 is 64.1. The zero-order chi connectivity index (χ0) is 102. The van der Waals surface area contributed by atoms with E-state index in [9.17, 15) is 33.9 Å². The Morgan fingerprint density at radius 2 is 0.740 bits per heavy atom. The van der Waals surface area contributed by atoms with E-state index in [1.807, 2.05) is 134 Å². The molecule has 30 heteroatoms. The number of ether oxygens (including phenoxy) is 11. The molecule has 146 heavy (non-hydrogen) atoms. The minimum atomic E-state index is -0.981. The number of hydrogen-bond acceptors (Lipinski definition) is 30. The number of esters is 6. The fraction of sp³-hybridized carbons (Fsp3) is 0.224. The molecule has 0 aliphatic rings. The Morgan fingerprint density at radius 1 is 0.349 bits per heavy atom. The minimum absolute atomic E-state index is 0.288. The van der Waals surface area contributed by atoms with Crippen molar-refractivity contribution in [1.82, 2.24) is 15.0 Å². The highest BCUT2D eigenvalue weighted by Crippen LogP contribution is 2.35. The summed E-state index contributed by atoms with van der Waals surface area (Å²) in [5.41, 5.74) is 21.5. The van der Waals surface area contributed by atoms with Gasteiger partial charge in [0.25, 0.3) is 0 Å². The molecule has 3 aromatic heterocycles. The summed E-state index contributed by atoms with van der Waals surface area (Å²) in [5, 5.41) is 24.6. The summed E-state index contributed by atoms with van der Waals surface area (Å²) in [5.74, 6) is 1.26. The van der Waals surface area contributed by atoms with E-state index < -0.39 is 42.1 Å². The fourth-order valence-electron chi connectivity index (χ4n) is 14.6. The first-order chi connectivity index (χ1) is 71.4. The van der Waals surface area contributed by atoms with Crippen LogP contribution in [0.5, 0.6) is 46.0 Å². The summed E-state index contributed by atoms with van der Waals surface area (Å²) in [4.78, 5) is 88.0. The van der Waals surface area contributed by atoms with Gasteiger partial charge in [-0.3, -0.25) is 16.3 Å². The standard InChI is InChI=1S/C42H43N3O7S.C38H37N3O6S.C36H35N3O5S/c1-3-5-8-13-30-16-25-37(33(28-30)29-43-45-42-44-36-14-9-10-15-38(36)53-42)52-41(48)32-19-23-35(24-20-32)51-40(47)31-17-21-34(22-18-31)49-26-11-6-7-12-27-50-39(46)4-2;1-3-36(42)46-24-10-6-5-9-23-45-31-19-15-28(16-20-31)37(43)47-32-21-22-33(27-13-17-30(18-14-27)44-4-2)29(25-32)26-39-41-38-40-34-11-7-8-12-35(34)48-38;1-3-8-25-11-13-26(14-12-25)28-17-20-32(29(23-28)24-37-39-36-38-31-9-5-6-10-33(31)45-36)44-35(41)27-15-18-30(19-16-27)42-21-7-22-43-34(40)4-2/h4,9-10,14-25,28-29H,2-3,5-8,11-13,26-27H2,1H3,(H,44,45);3,7-8,11-22,25-26H,1,4-6,9-10,23-24H2,2H3,(H,40,41);4-6,9-20,23-24,34,40H,2-3,7-8,21-22H2,1H3,(H,38,39)/b43-29+;39-26+;37-24+.